The molecular formula is C21H26. The zero-order chi connectivity index (χ0) is 14.5. The largest absolute Gasteiger partial charge is 0.0877 e. The molecule has 1 fully saturated rings. The van der Waals surface area contributed by atoms with Gasteiger partial charge < -0.3 is 0 Å². The summed E-state index contributed by atoms with van der Waals surface area (Å²) in [5.74, 6) is 3.29. The van der Waals surface area contributed by atoms with Crippen LogP contribution in [-0.4, -0.2) is 0 Å². The third-order valence-corrected chi connectivity index (χ3v) is 5.06. The molecule has 1 saturated carbocycles. The maximum absolute atomic E-state index is 2.44. The van der Waals surface area contributed by atoms with Gasteiger partial charge >= 0.3 is 0 Å². The lowest BCUT2D eigenvalue weighted by Crippen LogP contribution is -2.04. The second-order valence-electron chi connectivity index (χ2n) is 6.38. The average molecular weight is 278 g/mol. The van der Waals surface area contributed by atoms with E-state index in [0.29, 0.717) is 0 Å². The van der Waals surface area contributed by atoms with Crippen LogP contribution < -0.4 is 0 Å². The van der Waals surface area contributed by atoms with Gasteiger partial charge in [-0.1, -0.05) is 72.4 Å². The highest BCUT2D eigenvalue weighted by Gasteiger charge is 2.53. The second kappa shape index (κ2) is 6.93. The molecule has 0 heteroatoms. The van der Waals surface area contributed by atoms with Crippen molar-refractivity contribution in [3.8, 4) is 0 Å². The smallest absolute Gasteiger partial charge is 0.0129 e. The Morgan fingerprint density at radius 1 is 1.14 bits per heavy atom. The molecule has 3 aliphatic rings. The van der Waals surface area contributed by atoms with Gasteiger partial charge in [0.25, 0.3) is 0 Å². The van der Waals surface area contributed by atoms with E-state index in [9.17, 15) is 0 Å². The quantitative estimate of drug-likeness (QED) is 0.559. The molecule has 0 radical (unpaired) electrons. The molecule has 4 unspecified atom stereocenters. The highest BCUT2D eigenvalue weighted by atomic mass is 14.6. The second-order valence-corrected chi connectivity index (χ2v) is 6.38. The third kappa shape index (κ3) is 3.37. The fraction of sp³-hybridized carbons (Fsp3) is 0.429. The Morgan fingerprint density at radius 2 is 2.10 bits per heavy atom. The van der Waals surface area contributed by atoms with Crippen LogP contribution in [0.3, 0.4) is 0 Å². The van der Waals surface area contributed by atoms with Gasteiger partial charge in [0, 0.05) is 0 Å². The van der Waals surface area contributed by atoms with E-state index in [0.717, 1.165) is 23.7 Å². The van der Waals surface area contributed by atoms with Crippen LogP contribution in [0.5, 0.6) is 0 Å². The van der Waals surface area contributed by atoms with Gasteiger partial charge in [-0.3, -0.25) is 0 Å². The van der Waals surface area contributed by atoms with E-state index in [2.05, 4.69) is 73.8 Å². The van der Waals surface area contributed by atoms with Crippen molar-refractivity contribution in [3.63, 3.8) is 0 Å². The summed E-state index contributed by atoms with van der Waals surface area (Å²) < 4.78 is 0. The van der Waals surface area contributed by atoms with Gasteiger partial charge in [-0.2, -0.15) is 0 Å². The lowest BCUT2D eigenvalue weighted by Gasteiger charge is -2.14. The molecule has 0 saturated heterocycles. The molecule has 4 atom stereocenters. The van der Waals surface area contributed by atoms with Crippen molar-refractivity contribution in [3.05, 3.63) is 72.4 Å². The molecule has 0 N–H and O–H groups in total. The molecule has 0 bridgehead atoms. The standard InChI is InChI=1S/C21H26/c1-2-3-4-11-16-19-20(17-12-7-5-8-13-17)21(19)18-14-9-6-10-15-18/h2-9,11-12,14,17,19-21H,10,13,15-16H2,1H3. The van der Waals surface area contributed by atoms with Gasteiger partial charge in [-0.15, -0.1) is 0 Å². The molecule has 110 valence electrons. The van der Waals surface area contributed by atoms with Crippen LogP contribution in [0.2, 0.25) is 0 Å². The van der Waals surface area contributed by atoms with E-state index in [4.69, 9.17) is 0 Å². The van der Waals surface area contributed by atoms with Gasteiger partial charge in [-0.05, 0) is 56.3 Å². The summed E-state index contributed by atoms with van der Waals surface area (Å²) in [6.45, 7) is 2.07. The minimum atomic E-state index is 0.756. The molecule has 0 aliphatic heterocycles. The van der Waals surface area contributed by atoms with Crippen molar-refractivity contribution in [1.82, 2.24) is 0 Å². The van der Waals surface area contributed by atoms with E-state index in [-0.39, 0.29) is 0 Å². The maximum Gasteiger partial charge on any atom is -0.0129 e. The van der Waals surface area contributed by atoms with Crippen molar-refractivity contribution < 1.29 is 0 Å². The summed E-state index contributed by atoms with van der Waals surface area (Å²) in [5, 5.41) is 0. The first-order valence-electron chi connectivity index (χ1n) is 8.38. The van der Waals surface area contributed by atoms with Crippen molar-refractivity contribution >= 4 is 0 Å². The van der Waals surface area contributed by atoms with Crippen LogP contribution in [0.25, 0.3) is 0 Å². The van der Waals surface area contributed by atoms with Crippen LogP contribution >= 0.6 is 0 Å². The topological polar surface area (TPSA) is 0 Å². The predicted molar refractivity (Wildman–Crippen MR) is 91.9 cm³/mol. The first-order chi connectivity index (χ1) is 10.4. The summed E-state index contributed by atoms with van der Waals surface area (Å²) in [6, 6.07) is 0. The van der Waals surface area contributed by atoms with Crippen molar-refractivity contribution in [2.45, 2.75) is 32.6 Å². The maximum atomic E-state index is 2.44. The number of rotatable bonds is 5. The Hall–Kier alpha value is -1.56. The van der Waals surface area contributed by atoms with E-state index >= 15 is 0 Å². The number of allylic oxidation sites excluding steroid dienone is 12. The van der Waals surface area contributed by atoms with Gasteiger partial charge in [0.1, 0.15) is 0 Å². The van der Waals surface area contributed by atoms with Crippen molar-refractivity contribution in [1.29, 1.82) is 0 Å². The SMILES string of the molecule is CC=CC=CCC1C(C2=CC=CCC2)C1C1C=CC=CC1. The highest BCUT2D eigenvalue weighted by Crippen LogP contribution is 2.59. The summed E-state index contributed by atoms with van der Waals surface area (Å²) in [5.41, 5.74) is 1.70. The fourth-order valence-electron chi connectivity index (χ4n) is 4.02. The van der Waals surface area contributed by atoms with Gasteiger partial charge in [-0.25, -0.2) is 0 Å². The monoisotopic (exact) mass is 278 g/mol. The van der Waals surface area contributed by atoms with Gasteiger partial charge in [0.2, 0.25) is 0 Å². The summed E-state index contributed by atoms with van der Waals surface area (Å²) in [7, 11) is 0. The van der Waals surface area contributed by atoms with Crippen LogP contribution in [-0.2, 0) is 0 Å². The molecule has 3 rings (SSSR count). The minimum Gasteiger partial charge on any atom is -0.0877 e. The molecule has 0 aromatic rings. The molecule has 0 amide bonds. The molecule has 0 aromatic carbocycles. The van der Waals surface area contributed by atoms with E-state index in [1.54, 1.807) is 5.57 Å². The zero-order valence-corrected chi connectivity index (χ0v) is 13.0. The molecular weight excluding hydrogens is 252 g/mol. The Kier molecular flexibility index (Phi) is 4.75. The Morgan fingerprint density at radius 3 is 2.81 bits per heavy atom. The number of hydrogen-bond acceptors (Lipinski definition) is 0. The van der Waals surface area contributed by atoms with Crippen LogP contribution in [0.1, 0.15) is 32.6 Å². The van der Waals surface area contributed by atoms with Crippen molar-refractivity contribution in [2.24, 2.45) is 23.7 Å². The third-order valence-electron chi connectivity index (χ3n) is 5.06. The zero-order valence-electron chi connectivity index (χ0n) is 13.0. The first-order valence-corrected chi connectivity index (χ1v) is 8.38. The molecule has 0 aromatic heterocycles. The normalized spacial score (nSPS) is 34.8. The van der Waals surface area contributed by atoms with Gasteiger partial charge in [0.05, 0.1) is 0 Å². The average Bonchev–Trinajstić information content (AvgIpc) is 3.27. The Balaban J connectivity index is 1.69. The lowest BCUT2D eigenvalue weighted by atomic mass is 9.91. The Bertz CT molecular complexity index is 524. The van der Waals surface area contributed by atoms with E-state index in [1.807, 2.05) is 0 Å². The molecule has 3 aliphatic carbocycles. The lowest BCUT2D eigenvalue weighted by molar-refractivity contribution is 0.518. The van der Waals surface area contributed by atoms with Crippen LogP contribution in [0.4, 0.5) is 0 Å². The van der Waals surface area contributed by atoms with Crippen molar-refractivity contribution in [2.75, 3.05) is 0 Å². The summed E-state index contributed by atoms with van der Waals surface area (Å²) >= 11 is 0. The fourth-order valence-corrected chi connectivity index (χ4v) is 4.02. The molecule has 21 heavy (non-hydrogen) atoms. The Labute approximate surface area is 129 Å². The first kappa shape index (κ1) is 14.4. The number of hydrogen-bond donors (Lipinski definition) is 0. The van der Waals surface area contributed by atoms with Crippen LogP contribution in [0.15, 0.2) is 72.4 Å². The highest BCUT2D eigenvalue weighted by molar-refractivity contribution is 5.30. The summed E-state index contributed by atoms with van der Waals surface area (Å²) in [4.78, 5) is 0. The van der Waals surface area contributed by atoms with E-state index < -0.39 is 0 Å². The molecule has 0 spiro atoms. The van der Waals surface area contributed by atoms with E-state index in [1.165, 1.54) is 25.7 Å². The molecule has 0 heterocycles. The molecule has 0 nitrogen and oxygen atoms in total. The predicted octanol–water partition coefficient (Wildman–Crippen LogP) is 5.78. The minimum absolute atomic E-state index is 0.756. The van der Waals surface area contributed by atoms with Gasteiger partial charge in [0.15, 0.2) is 0 Å². The summed E-state index contributed by atoms with van der Waals surface area (Å²) in [6.07, 6.45) is 29.9. The van der Waals surface area contributed by atoms with Crippen LogP contribution in [0, 0.1) is 23.7 Å².